The summed E-state index contributed by atoms with van der Waals surface area (Å²) in [7, 11) is 1.48. The van der Waals surface area contributed by atoms with E-state index in [1.807, 2.05) is 24.3 Å². The Hall–Kier alpha value is -1.35. The monoisotopic (exact) mass is 336 g/mol. The van der Waals surface area contributed by atoms with Crippen LogP contribution >= 0.6 is 15.9 Å². The second-order valence-corrected chi connectivity index (χ2v) is 5.84. The van der Waals surface area contributed by atoms with Crippen LogP contribution < -0.4 is 4.74 Å². The minimum absolute atomic E-state index is 0.288. The molecule has 0 saturated carbocycles. The molecule has 2 aromatic carbocycles. The fraction of sp³-hybridized carbons (Fsp3) is 0.294. The van der Waals surface area contributed by atoms with Gasteiger partial charge in [-0.05, 0) is 42.5 Å². The molecule has 0 bridgehead atoms. The quantitative estimate of drug-likeness (QED) is 0.651. The highest BCUT2D eigenvalue weighted by molar-refractivity contribution is 9.09. The van der Waals surface area contributed by atoms with Gasteiger partial charge in [-0.3, -0.25) is 0 Å². The zero-order valence-electron chi connectivity index (χ0n) is 11.5. The van der Waals surface area contributed by atoms with Crippen LogP contribution in [0.2, 0.25) is 0 Å². The van der Waals surface area contributed by atoms with Crippen molar-refractivity contribution in [2.45, 2.75) is 24.1 Å². The Bertz CT molecular complexity index is 542. The molecule has 0 N–H and O–H groups in total. The highest BCUT2D eigenvalue weighted by atomic mass is 79.9. The summed E-state index contributed by atoms with van der Waals surface area (Å²) < 4.78 is 18.5. The highest BCUT2D eigenvalue weighted by Gasteiger charge is 2.08. The Labute approximate surface area is 127 Å². The maximum atomic E-state index is 13.6. The third-order valence-electron chi connectivity index (χ3n) is 3.30. The van der Waals surface area contributed by atoms with Gasteiger partial charge >= 0.3 is 0 Å². The van der Waals surface area contributed by atoms with E-state index in [0.29, 0.717) is 10.6 Å². The van der Waals surface area contributed by atoms with Gasteiger partial charge in [0.2, 0.25) is 0 Å². The third kappa shape index (κ3) is 4.07. The van der Waals surface area contributed by atoms with Crippen LogP contribution in [-0.4, -0.2) is 7.11 Å². The minimum Gasteiger partial charge on any atom is -0.494 e. The zero-order valence-corrected chi connectivity index (χ0v) is 13.1. The third-order valence-corrected chi connectivity index (χ3v) is 4.29. The van der Waals surface area contributed by atoms with E-state index in [1.54, 1.807) is 12.1 Å². The van der Waals surface area contributed by atoms with Crippen molar-refractivity contribution >= 4 is 15.9 Å². The molecule has 0 aromatic heterocycles. The van der Waals surface area contributed by atoms with Crippen molar-refractivity contribution in [2.75, 3.05) is 7.11 Å². The van der Waals surface area contributed by atoms with Crippen LogP contribution in [0.25, 0.3) is 0 Å². The lowest BCUT2D eigenvalue weighted by molar-refractivity contribution is 0.386. The molecule has 0 fully saturated rings. The molecule has 0 saturated heterocycles. The van der Waals surface area contributed by atoms with Crippen LogP contribution in [0.5, 0.6) is 5.75 Å². The molecular formula is C17H18BrFO. The summed E-state index contributed by atoms with van der Waals surface area (Å²) in [4.78, 5) is 0.354. The maximum Gasteiger partial charge on any atom is 0.165 e. The van der Waals surface area contributed by atoms with Crippen LogP contribution in [-0.2, 0) is 6.42 Å². The van der Waals surface area contributed by atoms with E-state index in [2.05, 4.69) is 28.1 Å². The average Bonchev–Trinajstić information content (AvgIpc) is 2.48. The van der Waals surface area contributed by atoms with Crippen molar-refractivity contribution in [3.8, 4) is 5.75 Å². The molecule has 0 aliphatic carbocycles. The summed E-state index contributed by atoms with van der Waals surface area (Å²) >= 11 is 3.70. The average molecular weight is 337 g/mol. The van der Waals surface area contributed by atoms with Crippen LogP contribution in [0.4, 0.5) is 4.39 Å². The first-order valence-electron chi connectivity index (χ1n) is 6.72. The number of ether oxygens (including phenoxy) is 1. The molecule has 0 aliphatic heterocycles. The van der Waals surface area contributed by atoms with Gasteiger partial charge in [-0.15, -0.1) is 0 Å². The SMILES string of the molecule is COc1ccc(CCCC(Br)c2ccccc2)cc1F. The number of alkyl halides is 1. The van der Waals surface area contributed by atoms with Crippen LogP contribution in [0.15, 0.2) is 48.5 Å². The summed E-state index contributed by atoms with van der Waals surface area (Å²) in [6.07, 6.45) is 2.91. The molecular weight excluding hydrogens is 319 g/mol. The summed E-state index contributed by atoms with van der Waals surface area (Å²) in [5.74, 6) is 0.0138. The minimum atomic E-state index is -0.288. The van der Waals surface area contributed by atoms with E-state index in [-0.39, 0.29) is 5.82 Å². The van der Waals surface area contributed by atoms with Crippen molar-refractivity contribution < 1.29 is 9.13 Å². The number of rotatable bonds is 6. The van der Waals surface area contributed by atoms with Gasteiger partial charge in [0.25, 0.3) is 0 Å². The Morgan fingerprint density at radius 2 is 1.90 bits per heavy atom. The van der Waals surface area contributed by atoms with Crippen LogP contribution in [0.3, 0.4) is 0 Å². The van der Waals surface area contributed by atoms with Gasteiger partial charge in [-0.2, -0.15) is 0 Å². The normalized spacial score (nSPS) is 12.2. The van der Waals surface area contributed by atoms with Gasteiger partial charge in [0, 0.05) is 4.83 Å². The van der Waals surface area contributed by atoms with E-state index >= 15 is 0 Å². The smallest absolute Gasteiger partial charge is 0.165 e. The predicted molar refractivity (Wildman–Crippen MR) is 84.0 cm³/mol. The first kappa shape index (κ1) is 15.0. The van der Waals surface area contributed by atoms with Gasteiger partial charge in [0.1, 0.15) is 0 Å². The Balaban J connectivity index is 1.85. The fourth-order valence-corrected chi connectivity index (χ4v) is 2.81. The van der Waals surface area contributed by atoms with Gasteiger partial charge in [-0.25, -0.2) is 4.39 Å². The van der Waals surface area contributed by atoms with Gasteiger partial charge in [0.05, 0.1) is 7.11 Å². The van der Waals surface area contributed by atoms with Gasteiger partial charge in [-0.1, -0.05) is 52.3 Å². The predicted octanol–water partition coefficient (Wildman–Crippen LogP) is 5.29. The summed E-state index contributed by atoms with van der Waals surface area (Å²) in [5.41, 5.74) is 2.30. The van der Waals surface area contributed by atoms with Crippen LogP contribution in [0, 0.1) is 5.82 Å². The molecule has 2 aromatic rings. The molecule has 2 rings (SSSR count). The molecule has 1 atom stereocenters. The summed E-state index contributed by atoms with van der Waals surface area (Å²) in [6, 6.07) is 15.5. The lowest BCUT2D eigenvalue weighted by Crippen LogP contribution is -1.94. The second kappa shape index (κ2) is 7.44. The van der Waals surface area contributed by atoms with E-state index in [4.69, 9.17) is 4.74 Å². The number of aryl methyl sites for hydroxylation is 1. The molecule has 0 radical (unpaired) electrons. The first-order chi connectivity index (χ1) is 9.70. The van der Waals surface area contributed by atoms with Crippen LogP contribution in [0.1, 0.15) is 28.8 Å². The van der Waals surface area contributed by atoms with Crippen molar-refractivity contribution in [3.05, 3.63) is 65.5 Å². The fourth-order valence-electron chi connectivity index (χ4n) is 2.18. The van der Waals surface area contributed by atoms with Crippen molar-refractivity contribution in [3.63, 3.8) is 0 Å². The topological polar surface area (TPSA) is 9.23 Å². The molecule has 106 valence electrons. The van der Waals surface area contributed by atoms with Crippen molar-refractivity contribution in [1.82, 2.24) is 0 Å². The molecule has 1 nitrogen and oxygen atoms in total. The molecule has 0 heterocycles. The van der Waals surface area contributed by atoms with Crippen molar-refractivity contribution in [2.24, 2.45) is 0 Å². The second-order valence-electron chi connectivity index (χ2n) is 4.74. The number of hydrogen-bond acceptors (Lipinski definition) is 1. The summed E-state index contributed by atoms with van der Waals surface area (Å²) in [6.45, 7) is 0. The molecule has 20 heavy (non-hydrogen) atoms. The number of benzene rings is 2. The molecule has 0 spiro atoms. The van der Waals surface area contributed by atoms with Gasteiger partial charge < -0.3 is 4.74 Å². The first-order valence-corrected chi connectivity index (χ1v) is 7.63. The Kier molecular flexibility index (Phi) is 5.60. The Morgan fingerprint density at radius 1 is 1.15 bits per heavy atom. The largest absolute Gasteiger partial charge is 0.494 e. The molecule has 0 aliphatic rings. The van der Waals surface area contributed by atoms with Gasteiger partial charge in [0.15, 0.2) is 11.6 Å². The standard InChI is InChI=1S/C17H18BrFO/c1-20-17-11-10-13(12-16(17)19)6-5-9-15(18)14-7-3-2-4-8-14/h2-4,7-8,10-12,15H,5-6,9H2,1H3. The number of halogens is 2. The summed E-state index contributed by atoms with van der Waals surface area (Å²) in [5, 5.41) is 0. The maximum absolute atomic E-state index is 13.6. The zero-order chi connectivity index (χ0) is 14.4. The van der Waals surface area contributed by atoms with E-state index in [1.165, 1.54) is 12.7 Å². The van der Waals surface area contributed by atoms with E-state index in [9.17, 15) is 4.39 Å². The lowest BCUT2D eigenvalue weighted by atomic mass is 10.0. The van der Waals surface area contributed by atoms with E-state index < -0.39 is 0 Å². The Morgan fingerprint density at radius 3 is 2.55 bits per heavy atom. The number of hydrogen-bond donors (Lipinski definition) is 0. The molecule has 0 amide bonds. The molecule has 1 unspecified atom stereocenters. The highest BCUT2D eigenvalue weighted by Crippen LogP contribution is 2.28. The van der Waals surface area contributed by atoms with E-state index in [0.717, 1.165) is 24.8 Å². The lowest BCUT2D eigenvalue weighted by Gasteiger charge is -2.10. The van der Waals surface area contributed by atoms with Crippen molar-refractivity contribution in [1.29, 1.82) is 0 Å². The number of methoxy groups -OCH3 is 1. The molecule has 3 heteroatoms.